The molecule has 0 aromatic heterocycles. The molecule has 6 N–H and O–H groups in total. The average Bonchev–Trinajstić information content (AvgIpc) is 3.28. The molecule has 6 aliphatic rings. The lowest BCUT2D eigenvalue weighted by atomic mass is 9.40. The number of Topliss-reactive ketones (excluding diaryl/α,β-unsaturated/α-hetero) is 2. The van der Waals surface area contributed by atoms with Gasteiger partial charge in [-0.1, -0.05) is 13.8 Å². The summed E-state index contributed by atoms with van der Waals surface area (Å²) in [6, 6.07) is 0. The van der Waals surface area contributed by atoms with Crippen LogP contribution in [0.15, 0.2) is 11.8 Å². The van der Waals surface area contributed by atoms with Gasteiger partial charge in [0.15, 0.2) is 11.4 Å². The summed E-state index contributed by atoms with van der Waals surface area (Å²) in [5.74, 6) is -10.3. The van der Waals surface area contributed by atoms with E-state index in [-0.39, 0.29) is 18.6 Å². The van der Waals surface area contributed by atoms with Crippen LogP contribution in [0.3, 0.4) is 0 Å². The molecule has 0 aromatic carbocycles. The molecule has 5 fully saturated rings. The Bertz CT molecular complexity index is 1320. The van der Waals surface area contributed by atoms with E-state index in [1.54, 1.807) is 26.8 Å². The number of ketones is 2. The van der Waals surface area contributed by atoms with Crippen molar-refractivity contribution in [3.05, 3.63) is 11.8 Å². The van der Waals surface area contributed by atoms with Gasteiger partial charge in [0.05, 0.1) is 29.1 Å². The average molecular weight is 607 g/mol. The summed E-state index contributed by atoms with van der Waals surface area (Å²) in [5, 5.41) is 70.1. The van der Waals surface area contributed by atoms with Crippen LogP contribution in [-0.4, -0.2) is 96.4 Å². The summed E-state index contributed by atoms with van der Waals surface area (Å²) in [6.07, 6.45) is -7.53. The fourth-order valence-corrected chi connectivity index (χ4v) is 11.2. The minimum Gasteiger partial charge on any atom is -0.459 e. The minimum atomic E-state index is -2.14. The van der Waals surface area contributed by atoms with Crippen molar-refractivity contribution >= 4 is 23.5 Å². The third kappa shape index (κ3) is 3.32. The summed E-state index contributed by atoms with van der Waals surface area (Å²) in [7, 11) is 0. The van der Waals surface area contributed by atoms with Crippen molar-refractivity contribution in [3.8, 4) is 0 Å². The third-order valence-corrected chi connectivity index (χ3v) is 13.1. The van der Waals surface area contributed by atoms with E-state index in [2.05, 4.69) is 0 Å². The second kappa shape index (κ2) is 9.17. The first-order valence-electron chi connectivity index (χ1n) is 15.1. The molecule has 0 spiro atoms. The van der Waals surface area contributed by atoms with Gasteiger partial charge in [-0.3, -0.25) is 14.4 Å². The number of hydrogen-bond donors (Lipinski definition) is 6. The van der Waals surface area contributed by atoms with Crippen molar-refractivity contribution in [3.63, 3.8) is 0 Å². The van der Waals surface area contributed by atoms with Crippen LogP contribution >= 0.6 is 0 Å². The highest BCUT2D eigenvalue weighted by Crippen LogP contribution is 2.74. The molecule has 1 heterocycles. The monoisotopic (exact) mass is 606 g/mol. The summed E-state index contributed by atoms with van der Waals surface area (Å²) in [6.45, 7) is 8.54. The largest absolute Gasteiger partial charge is 0.459 e. The molecular formula is C31H42O12. The standard InChI is InChI=1S/C31H42O12/c1-10-7-16-29(5,30(6,41)27(40)43-16)21-18(10)31(11(2)32)19(24(21)38)17-20(25(26(31)39)42-12(3)33)28(4)14(22(36)23(17)37)8-13(34)9-15(28)35/h7,10,13-15,17-21,23-26,34-35,37-39,41H,8-9H2,1-6H3/t10-,13+,14?,15+,17+,18+,19-,20-,21+,23-,24-,25+,26+,28-,29+,30-,31-/m1/s1. The maximum absolute atomic E-state index is 14.1. The molecule has 238 valence electrons. The highest BCUT2D eigenvalue weighted by atomic mass is 16.6. The molecule has 5 aliphatic carbocycles. The highest BCUT2D eigenvalue weighted by Gasteiger charge is 2.83. The van der Waals surface area contributed by atoms with E-state index in [0.29, 0.717) is 0 Å². The Kier molecular flexibility index (Phi) is 6.56. The maximum atomic E-state index is 14.1. The predicted octanol–water partition coefficient (Wildman–Crippen LogP) is -0.747. The Hall–Kier alpha value is -2.22. The fourth-order valence-electron chi connectivity index (χ4n) is 11.2. The SMILES string of the molecule is CC(=O)O[C@H]1[C@H]2[C@H]([C@@H]3[C@@H](O)[C@@H]4[C@H]([C@H](C)C=C5OC(=O)[C@@](C)(O)[C@@]54C)[C@@]3(C(C)=O)[C@H]1O)[C@@H](O)C(=O)C1C[C@H](O)C[C@H](O)[C@@]12C. The number of hydrogen-bond acceptors (Lipinski definition) is 12. The lowest BCUT2D eigenvalue weighted by Gasteiger charge is -2.65. The molecule has 6 rings (SSSR count). The summed E-state index contributed by atoms with van der Waals surface area (Å²) < 4.78 is 11.3. The number of carbonyl (C=O) groups is 4. The number of allylic oxidation sites excluding steroid dienone is 1. The zero-order valence-corrected chi connectivity index (χ0v) is 25.1. The molecule has 4 saturated carbocycles. The Labute approximate surface area is 249 Å². The topological polar surface area (TPSA) is 208 Å². The van der Waals surface area contributed by atoms with Crippen LogP contribution in [0.2, 0.25) is 0 Å². The van der Waals surface area contributed by atoms with Crippen LogP contribution in [0.25, 0.3) is 0 Å². The predicted molar refractivity (Wildman–Crippen MR) is 144 cm³/mol. The number of esters is 2. The first kappa shape index (κ1) is 30.8. The van der Waals surface area contributed by atoms with Gasteiger partial charge in [-0.05, 0) is 51.5 Å². The molecule has 1 unspecified atom stereocenters. The van der Waals surface area contributed by atoms with E-state index in [1.165, 1.54) is 13.8 Å². The van der Waals surface area contributed by atoms with Crippen LogP contribution < -0.4 is 0 Å². The molecule has 0 amide bonds. The zero-order chi connectivity index (χ0) is 31.9. The molecule has 1 aliphatic heterocycles. The minimum absolute atomic E-state index is 0.0728. The molecule has 12 nitrogen and oxygen atoms in total. The van der Waals surface area contributed by atoms with Gasteiger partial charge in [0, 0.05) is 41.9 Å². The Morgan fingerprint density at radius 3 is 2.16 bits per heavy atom. The highest BCUT2D eigenvalue weighted by molar-refractivity contribution is 5.90. The van der Waals surface area contributed by atoms with Gasteiger partial charge < -0.3 is 40.1 Å². The summed E-state index contributed by atoms with van der Waals surface area (Å²) in [4.78, 5) is 53.5. The first-order valence-corrected chi connectivity index (χ1v) is 15.1. The third-order valence-electron chi connectivity index (χ3n) is 13.1. The lowest BCUT2D eigenvalue weighted by molar-refractivity contribution is -0.269. The van der Waals surface area contributed by atoms with Crippen molar-refractivity contribution in [1.29, 1.82) is 0 Å². The van der Waals surface area contributed by atoms with E-state index in [4.69, 9.17) is 9.47 Å². The van der Waals surface area contributed by atoms with Gasteiger partial charge in [0.1, 0.15) is 29.9 Å². The lowest BCUT2D eigenvalue weighted by Crippen LogP contribution is -2.75. The van der Waals surface area contributed by atoms with Crippen molar-refractivity contribution in [1.82, 2.24) is 0 Å². The second-order valence-electron chi connectivity index (χ2n) is 14.6. The van der Waals surface area contributed by atoms with Gasteiger partial charge in [-0.2, -0.15) is 0 Å². The molecule has 17 atom stereocenters. The molecule has 0 radical (unpaired) electrons. The number of aliphatic hydroxyl groups excluding tert-OH is 5. The Morgan fingerprint density at radius 1 is 0.953 bits per heavy atom. The van der Waals surface area contributed by atoms with Gasteiger partial charge >= 0.3 is 11.9 Å². The van der Waals surface area contributed by atoms with Crippen LogP contribution in [0.1, 0.15) is 54.4 Å². The van der Waals surface area contributed by atoms with E-state index in [1.807, 2.05) is 0 Å². The van der Waals surface area contributed by atoms with Crippen molar-refractivity contribution < 1.29 is 59.3 Å². The van der Waals surface area contributed by atoms with Crippen molar-refractivity contribution in [2.24, 2.45) is 57.7 Å². The molecule has 1 saturated heterocycles. The van der Waals surface area contributed by atoms with Crippen LogP contribution in [0.4, 0.5) is 0 Å². The zero-order valence-electron chi connectivity index (χ0n) is 25.1. The molecular weight excluding hydrogens is 564 g/mol. The van der Waals surface area contributed by atoms with E-state index in [0.717, 1.165) is 6.92 Å². The smallest absolute Gasteiger partial charge is 0.343 e. The number of ether oxygens (including phenoxy) is 2. The van der Waals surface area contributed by atoms with Gasteiger partial charge in [0.2, 0.25) is 0 Å². The van der Waals surface area contributed by atoms with Crippen LogP contribution in [0.5, 0.6) is 0 Å². The Balaban J connectivity index is 1.64. The summed E-state index contributed by atoms with van der Waals surface area (Å²) in [5.41, 5.74) is -7.02. The van der Waals surface area contributed by atoms with Gasteiger partial charge in [-0.25, -0.2) is 4.79 Å². The van der Waals surface area contributed by atoms with E-state index in [9.17, 15) is 49.8 Å². The van der Waals surface area contributed by atoms with Gasteiger partial charge in [0.25, 0.3) is 0 Å². The number of carbonyl (C=O) groups excluding carboxylic acids is 4. The quantitative estimate of drug-likeness (QED) is 0.215. The van der Waals surface area contributed by atoms with Gasteiger partial charge in [-0.15, -0.1) is 0 Å². The molecule has 12 heteroatoms. The number of fused-ring (bicyclic) bond motifs is 9. The second-order valence-corrected chi connectivity index (χ2v) is 14.6. The van der Waals surface area contributed by atoms with E-state index >= 15 is 0 Å². The van der Waals surface area contributed by atoms with Crippen molar-refractivity contribution in [2.75, 3.05) is 0 Å². The molecule has 0 bridgehead atoms. The normalized spacial score (nSPS) is 56.9. The number of rotatable bonds is 2. The first-order chi connectivity index (χ1) is 19.8. The maximum Gasteiger partial charge on any atom is 0.343 e. The fraction of sp³-hybridized carbons (Fsp3) is 0.806. The van der Waals surface area contributed by atoms with Crippen molar-refractivity contribution in [2.45, 2.75) is 96.6 Å². The molecule has 43 heavy (non-hydrogen) atoms. The molecule has 0 aromatic rings. The van der Waals surface area contributed by atoms with E-state index < -0.39 is 123 Å². The van der Waals surface area contributed by atoms with Crippen LogP contribution in [0, 0.1) is 57.7 Å². The Morgan fingerprint density at radius 2 is 1.58 bits per heavy atom. The number of aliphatic hydroxyl groups is 6. The summed E-state index contributed by atoms with van der Waals surface area (Å²) >= 11 is 0. The van der Waals surface area contributed by atoms with Crippen LogP contribution in [-0.2, 0) is 28.7 Å².